The van der Waals surface area contributed by atoms with E-state index < -0.39 is 0 Å². The van der Waals surface area contributed by atoms with E-state index in [4.69, 9.17) is 0 Å². The Labute approximate surface area is 126 Å². The Morgan fingerprint density at radius 1 is 1.21 bits per heavy atom. The molecule has 0 atom stereocenters. The molecule has 0 aliphatic heterocycles. The van der Waals surface area contributed by atoms with Gasteiger partial charge in [-0.05, 0) is 45.1 Å². The monoisotopic (exact) mass is 337 g/mol. The Bertz CT molecular complexity index is 560. The molecule has 1 aromatic heterocycles. The molecule has 4 heteroatoms. The van der Waals surface area contributed by atoms with E-state index in [1.54, 1.807) is 0 Å². The van der Waals surface area contributed by atoms with Crippen LogP contribution in [0, 0.1) is 0 Å². The van der Waals surface area contributed by atoms with Gasteiger partial charge in [0.15, 0.2) is 0 Å². The predicted molar refractivity (Wildman–Crippen MR) is 83.7 cm³/mol. The summed E-state index contributed by atoms with van der Waals surface area (Å²) in [6.07, 6.45) is 0. The van der Waals surface area contributed by atoms with Gasteiger partial charge in [0, 0.05) is 6.54 Å². The summed E-state index contributed by atoms with van der Waals surface area (Å²) in [4.78, 5) is 12.6. The van der Waals surface area contributed by atoms with E-state index in [2.05, 4.69) is 59.4 Å². The van der Waals surface area contributed by atoms with Gasteiger partial charge in [-0.1, -0.05) is 38.1 Å². The molecule has 0 fully saturated rings. The van der Waals surface area contributed by atoms with Crippen LogP contribution in [0.1, 0.15) is 40.6 Å². The van der Waals surface area contributed by atoms with Crippen molar-refractivity contribution in [3.8, 4) is 0 Å². The molecule has 19 heavy (non-hydrogen) atoms. The lowest BCUT2D eigenvalue weighted by Crippen LogP contribution is -2.21. The van der Waals surface area contributed by atoms with Gasteiger partial charge in [-0.25, -0.2) is 0 Å². The third-order valence-electron chi connectivity index (χ3n) is 2.90. The lowest BCUT2D eigenvalue weighted by atomic mass is 10.0. The highest BCUT2D eigenvalue weighted by molar-refractivity contribution is 9.11. The third-order valence-corrected chi connectivity index (χ3v) is 4.52. The van der Waals surface area contributed by atoms with Crippen LogP contribution in [0.2, 0.25) is 0 Å². The number of hydrogen-bond donors (Lipinski definition) is 1. The minimum atomic E-state index is -0.0244. The Morgan fingerprint density at radius 3 is 2.42 bits per heavy atom. The van der Waals surface area contributed by atoms with Crippen LogP contribution in [0.5, 0.6) is 0 Å². The molecule has 2 aromatic rings. The number of carbonyl (C=O) groups is 1. The molecule has 2 rings (SSSR count). The smallest absolute Gasteiger partial charge is 0.261 e. The number of benzene rings is 1. The highest BCUT2D eigenvalue weighted by atomic mass is 79.9. The number of carbonyl (C=O) groups excluding carboxylic acids is 1. The molecular formula is C15H16BrNOS. The molecule has 2 nitrogen and oxygen atoms in total. The van der Waals surface area contributed by atoms with Crippen LogP contribution in [-0.2, 0) is 6.54 Å². The van der Waals surface area contributed by atoms with Crippen molar-refractivity contribution < 1.29 is 4.79 Å². The van der Waals surface area contributed by atoms with Gasteiger partial charge in [-0.15, -0.1) is 11.3 Å². The van der Waals surface area contributed by atoms with Crippen molar-refractivity contribution in [1.82, 2.24) is 5.32 Å². The summed E-state index contributed by atoms with van der Waals surface area (Å²) in [6.45, 7) is 4.91. The number of nitrogens with one attached hydrogen (secondary N) is 1. The molecule has 0 saturated heterocycles. The molecule has 0 aliphatic rings. The van der Waals surface area contributed by atoms with Crippen molar-refractivity contribution in [2.45, 2.75) is 26.3 Å². The average molecular weight is 338 g/mol. The number of thiophene rings is 1. The fourth-order valence-corrected chi connectivity index (χ4v) is 3.03. The Hall–Kier alpha value is -1.13. The highest BCUT2D eigenvalue weighted by Gasteiger charge is 2.08. The number of amides is 1. The largest absolute Gasteiger partial charge is 0.347 e. The molecule has 0 radical (unpaired) electrons. The van der Waals surface area contributed by atoms with E-state index in [1.807, 2.05) is 12.1 Å². The molecule has 1 heterocycles. The Morgan fingerprint density at radius 2 is 1.89 bits per heavy atom. The standard InChI is InChI=1S/C15H16BrNOS/c1-10(2)12-5-3-11(4-6-12)9-17-15(18)13-7-8-14(16)19-13/h3-8,10H,9H2,1-2H3,(H,17,18). The summed E-state index contributed by atoms with van der Waals surface area (Å²) in [7, 11) is 0. The van der Waals surface area contributed by atoms with Crippen molar-refractivity contribution in [2.24, 2.45) is 0 Å². The SMILES string of the molecule is CC(C)c1ccc(CNC(=O)c2ccc(Br)s2)cc1. The minimum absolute atomic E-state index is 0.0244. The van der Waals surface area contributed by atoms with Crippen LogP contribution in [0.15, 0.2) is 40.2 Å². The first-order valence-electron chi connectivity index (χ1n) is 6.18. The quantitative estimate of drug-likeness (QED) is 0.870. The van der Waals surface area contributed by atoms with Gasteiger partial charge in [0.25, 0.3) is 5.91 Å². The maximum Gasteiger partial charge on any atom is 0.261 e. The van der Waals surface area contributed by atoms with E-state index in [1.165, 1.54) is 16.9 Å². The van der Waals surface area contributed by atoms with Crippen molar-refractivity contribution in [1.29, 1.82) is 0 Å². The Balaban J connectivity index is 1.93. The third kappa shape index (κ3) is 3.91. The van der Waals surface area contributed by atoms with Gasteiger partial charge < -0.3 is 5.32 Å². The lowest BCUT2D eigenvalue weighted by molar-refractivity contribution is 0.0955. The maximum absolute atomic E-state index is 11.9. The summed E-state index contributed by atoms with van der Waals surface area (Å²) >= 11 is 4.80. The van der Waals surface area contributed by atoms with Crippen LogP contribution in [-0.4, -0.2) is 5.91 Å². The molecule has 0 saturated carbocycles. The van der Waals surface area contributed by atoms with E-state index in [0.717, 1.165) is 14.2 Å². The second kappa shape index (κ2) is 6.35. The maximum atomic E-state index is 11.9. The zero-order valence-corrected chi connectivity index (χ0v) is 13.3. The molecule has 1 amide bonds. The molecule has 0 aliphatic carbocycles. The zero-order chi connectivity index (χ0) is 13.8. The van der Waals surface area contributed by atoms with Crippen LogP contribution < -0.4 is 5.32 Å². The van der Waals surface area contributed by atoms with Crippen molar-refractivity contribution in [3.05, 3.63) is 56.2 Å². The van der Waals surface area contributed by atoms with Gasteiger partial charge in [0.2, 0.25) is 0 Å². The van der Waals surface area contributed by atoms with Gasteiger partial charge in [0.1, 0.15) is 0 Å². The molecule has 1 N–H and O–H groups in total. The zero-order valence-electron chi connectivity index (χ0n) is 10.9. The van der Waals surface area contributed by atoms with Crippen LogP contribution in [0.4, 0.5) is 0 Å². The normalized spacial score (nSPS) is 10.7. The molecule has 1 aromatic carbocycles. The first-order valence-corrected chi connectivity index (χ1v) is 7.79. The van der Waals surface area contributed by atoms with Crippen LogP contribution in [0.3, 0.4) is 0 Å². The molecule has 0 unspecified atom stereocenters. The second-order valence-corrected chi connectivity index (χ2v) is 7.15. The Kier molecular flexibility index (Phi) is 4.77. The summed E-state index contributed by atoms with van der Waals surface area (Å²) in [6, 6.07) is 12.1. The van der Waals surface area contributed by atoms with Crippen molar-refractivity contribution in [3.63, 3.8) is 0 Å². The van der Waals surface area contributed by atoms with E-state index in [0.29, 0.717) is 12.5 Å². The lowest BCUT2D eigenvalue weighted by Gasteiger charge is -2.07. The van der Waals surface area contributed by atoms with Crippen molar-refractivity contribution in [2.75, 3.05) is 0 Å². The topological polar surface area (TPSA) is 29.1 Å². The summed E-state index contributed by atoms with van der Waals surface area (Å²) in [5.74, 6) is 0.510. The average Bonchev–Trinajstić information content (AvgIpc) is 2.83. The van der Waals surface area contributed by atoms with E-state index in [9.17, 15) is 4.79 Å². The molecule has 100 valence electrons. The van der Waals surface area contributed by atoms with Gasteiger partial charge in [0.05, 0.1) is 8.66 Å². The molecule has 0 spiro atoms. The van der Waals surface area contributed by atoms with Gasteiger partial charge >= 0.3 is 0 Å². The second-order valence-electron chi connectivity index (χ2n) is 4.68. The van der Waals surface area contributed by atoms with Gasteiger partial charge in [-0.2, -0.15) is 0 Å². The fourth-order valence-electron chi connectivity index (χ4n) is 1.73. The van der Waals surface area contributed by atoms with Crippen LogP contribution in [0.25, 0.3) is 0 Å². The predicted octanol–water partition coefficient (Wildman–Crippen LogP) is 4.56. The van der Waals surface area contributed by atoms with E-state index in [-0.39, 0.29) is 5.91 Å². The fraction of sp³-hybridized carbons (Fsp3) is 0.267. The first kappa shape index (κ1) is 14.3. The van der Waals surface area contributed by atoms with Crippen LogP contribution >= 0.6 is 27.3 Å². The summed E-state index contributed by atoms with van der Waals surface area (Å²) in [5.41, 5.74) is 2.44. The van der Waals surface area contributed by atoms with Gasteiger partial charge in [-0.3, -0.25) is 4.79 Å². The first-order chi connectivity index (χ1) is 9.06. The summed E-state index contributed by atoms with van der Waals surface area (Å²) < 4.78 is 0.971. The molecular weight excluding hydrogens is 322 g/mol. The summed E-state index contributed by atoms with van der Waals surface area (Å²) in [5, 5.41) is 2.93. The molecule has 0 bridgehead atoms. The van der Waals surface area contributed by atoms with E-state index >= 15 is 0 Å². The number of rotatable bonds is 4. The minimum Gasteiger partial charge on any atom is -0.347 e. The number of hydrogen-bond acceptors (Lipinski definition) is 2. The number of halogens is 1. The van der Waals surface area contributed by atoms with Crippen molar-refractivity contribution >= 4 is 33.2 Å². The highest BCUT2D eigenvalue weighted by Crippen LogP contribution is 2.22.